The second kappa shape index (κ2) is 16.2. The van der Waals surface area contributed by atoms with Gasteiger partial charge in [-0.3, -0.25) is 9.69 Å². The maximum atomic E-state index is 11.8. The van der Waals surface area contributed by atoms with E-state index in [1.807, 2.05) is 0 Å². The van der Waals surface area contributed by atoms with Gasteiger partial charge in [0.2, 0.25) is 0 Å². The molecule has 1 heterocycles. The van der Waals surface area contributed by atoms with Crippen LogP contribution in [0.25, 0.3) is 0 Å². The second-order valence-corrected chi connectivity index (χ2v) is 10.5. The number of nitrogens with zero attached hydrogens (tertiary/aromatic N) is 1. The number of hydrogen-bond acceptors (Lipinski definition) is 5. The molecule has 1 saturated heterocycles. The summed E-state index contributed by atoms with van der Waals surface area (Å²) in [5, 5.41) is 0. The molecule has 0 aromatic carbocycles. The lowest BCUT2D eigenvalue weighted by molar-refractivity contribution is -0.144. The molecule has 6 heteroatoms. The normalized spacial score (nSPS) is 16.9. The fourth-order valence-corrected chi connectivity index (χ4v) is 4.90. The van der Waals surface area contributed by atoms with Gasteiger partial charge >= 0.3 is 5.97 Å². The van der Waals surface area contributed by atoms with Crippen molar-refractivity contribution in [3.8, 4) is 0 Å². The Balaban J connectivity index is 1.81. The van der Waals surface area contributed by atoms with Gasteiger partial charge in [0.15, 0.2) is 9.84 Å². The van der Waals surface area contributed by atoms with Gasteiger partial charge in [-0.25, -0.2) is 8.42 Å². The molecule has 0 amide bonds. The first-order valence-corrected chi connectivity index (χ1v) is 13.4. The smallest absolute Gasteiger partial charge is 0.305 e. The third kappa shape index (κ3) is 14.4. The lowest BCUT2D eigenvalue weighted by Gasteiger charge is -2.26. The zero-order valence-electron chi connectivity index (χ0n) is 18.1. The van der Waals surface area contributed by atoms with Crippen molar-refractivity contribution in [1.82, 2.24) is 4.90 Å². The molecule has 1 fully saturated rings. The quantitative estimate of drug-likeness (QED) is 0.253. The summed E-state index contributed by atoms with van der Waals surface area (Å²) in [6, 6.07) is 0. The Morgan fingerprint density at radius 1 is 0.786 bits per heavy atom. The Bertz CT molecular complexity index is 479. The first-order chi connectivity index (χ1) is 13.5. The summed E-state index contributed by atoms with van der Waals surface area (Å²) in [6.07, 6.45) is 17.4. The van der Waals surface area contributed by atoms with E-state index in [-0.39, 0.29) is 17.5 Å². The van der Waals surface area contributed by atoms with Crippen molar-refractivity contribution in [3.05, 3.63) is 0 Å². The first kappa shape index (κ1) is 25.4. The van der Waals surface area contributed by atoms with Gasteiger partial charge in [0, 0.05) is 26.1 Å². The summed E-state index contributed by atoms with van der Waals surface area (Å²) in [4.78, 5) is 13.8. The average Bonchev–Trinajstić information content (AvgIpc) is 2.67. The summed E-state index contributed by atoms with van der Waals surface area (Å²) in [5.74, 6) is 0.326. The summed E-state index contributed by atoms with van der Waals surface area (Å²) in [5.41, 5.74) is 0. The Kier molecular flexibility index (Phi) is 14.7. The first-order valence-electron chi connectivity index (χ1n) is 11.6. The molecule has 166 valence electrons. The van der Waals surface area contributed by atoms with Crippen LogP contribution in [0.5, 0.6) is 0 Å². The number of hydrogen-bond donors (Lipinski definition) is 0. The van der Waals surface area contributed by atoms with Crippen LogP contribution in [-0.2, 0) is 19.4 Å². The molecule has 0 spiro atoms. The second-order valence-electron chi connectivity index (χ2n) is 8.21. The van der Waals surface area contributed by atoms with E-state index in [0.29, 0.717) is 32.7 Å². The lowest BCUT2D eigenvalue weighted by atomic mass is 10.0. The maximum Gasteiger partial charge on any atom is 0.305 e. The predicted molar refractivity (Wildman–Crippen MR) is 116 cm³/mol. The predicted octanol–water partition coefficient (Wildman–Crippen LogP) is 4.74. The molecule has 0 atom stereocenters. The molecule has 5 nitrogen and oxygen atoms in total. The molecule has 0 saturated carbocycles. The van der Waals surface area contributed by atoms with Crippen molar-refractivity contribution in [2.75, 3.05) is 37.7 Å². The molecule has 0 N–H and O–H groups in total. The minimum absolute atomic E-state index is 0.118. The summed E-state index contributed by atoms with van der Waals surface area (Å²) >= 11 is 0. The number of sulfone groups is 1. The van der Waals surface area contributed by atoms with Crippen LogP contribution in [0.2, 0.25) is 0 Å². The van der Waals surface area contributed by atoms with Crippen molar-refractivity contribution in [2.24, 2.45) is 0 Å². The Hall–Kier alpha value is -0.620. The van der Waals surface area contributed by atoms with Gasteiger partial charge < -0.3 is 4.74 Å². The van der Waals surface area contributed by atoms with Gasteiger partial charge in [-0.15, -0.1) is 0 Å². The number of esters is 1. The molecular formula is C22H43NO4S. The highest BCUT2D eigenvalue weighted by Gasteiger charge is 2.21. The number of carbonyl (C=O) groups is 1. The molecule has 1 aliphatic heterocycles. The van der Waals surface area contributed by atoms with E-state index in [4.69, 9.17) is 4.74 Å². The Morgan fingerprint density at radius 2 is 1.25 bits per heavy atom. The van der Waals surface area contributed by atoms with E-state index < -0.39 is 9.84 Å². The van der Waals surface area contributed by atoms with Crippen LogP contribution in [0.1, 0.15) is 96.8 Å². The molecular weight excluding hydrogens is 374 g/mol. The van der Waals surface area contributed by atoms with Crippen molar-refractivity contribution >= 4 is 15.8 Å². The van der Waals surface area contributed by atoms with Crippen molar-refractivity contribution < 1.29 is 17.9 Å². The zero-order chi connectivity index (χ0) is 20.5. The monoisotopic (exact) mass is 417 g/mol. The highest BCUT2D eigenvalue weighted by Crippen LogP contribution is 2.13. The fourth-order valence-electron chi connectivity index (χ4n) is 3.62. The Labute approximate surface area is 173 Å². The number of rotatable bonds is 17. The van der Waals surface area contributed by atoms with Crippen molar-refractivity contribution in [2.45, 2.75) is 96.8 Å². The fraction of sp³-hybridized carbons (Fsp3) is 0.955. The van der Waals surface area contributed by atoms with E-state index >= 15 is 0 Å². The van der Waals surface area contributed by atoms with Gasteiger partial charge in [-0.1, -0.05) is 84.0 Å². The highest BCUT2D eigenvalue weighted by molar-refractivity contribution is 7.91. The van der Waals surface area contributed by atoms with E-state index in [2.05, 4.69) is 11.8 Å². The number of unbranched alkanes of at least 4 members (excludes halogenated alkanes) is 12. The van der Waals surface area contributed by atoms with Crippen molar-refractivity contribution in [1.29, 1.82) is 0 Å². The van der Waals surface area contributed by atoms with Crippen LogP contribution in [0.4, 0.5) is 0 Å². The van der Waals surface area contributed by atoms with Crippen LogP contribution >= 0.6 is 0 Å². The standard InChI is InChI=1S/C22H43NO4S/c1-2-3-4-5-6-7-8-9-10-11-12-13-14-15-22(24)27-19-16-23-17-20-28(25,26)21-18-23/h2-21H2,1H3. The zero-order valence-corrected chi connectivity index (χ0v) is 18.9. The summed E-state index contributed by atoms with van der Waals surface area (Å²) in [6.45, 7) is 4.38. The van der Waals surface area contributed by atoms with Gasteiger partial charge in [0.25, 0.3) is 0 Å². The van der Waals surface area contributed by atoms with Crippen LogP contribution in [0.15, 0.2) is 0 Å². The topological polar surface area (TPSA) is 63.7 Å². The van der Waals surface area contributed by atoms with Gasteiger partial charge in [0.1, 0.15) is 6.61 Å². The largest absolute Gasteiger partial charge is 0.464 e. The molecule has 0 aromatic rings. The number of ether oxygens (including phenoxy) is 1. The van der Waals surface area contributed by atoms with Crippen LogP contribution in [0, 0.1) is 0 Å². The molecule has 0 bridgehead atoms. The summed E-state index contributed by atoms with van der Waals surface area (Å²) < 4.78 is 28.0. The Morgan fingerprint density at radius 3 is 1.75 bits per heavy atom. The van der Waals surface area contributed by atoms with Crippen molar-refractivity contribution in [3.63, 3.8) is 0 Å². The van der Waals surface area contributed by atoms with Crippen LogP contribution in [-0.4, -0.2) is 57.0 Å². The molecule has 0 aliphatic carbocycles. The van der Waals surface area contributed by atoms with E-state index in [1.165, 1.54) is 70.6 Å². The van der Waals surface area contributed by atoms with Gasteiger partial charge in [0.05, 0.1) is 11.5 Å². The number of carbonyl (C=O) groups excluding carboxylic acids is 1. The SMILES string of the molecule is CCCCCCCCCCCCCCCC(=O)OCCN1CCS(=O)(=O)CC1. The molecule has 28 heavy (non-hydrogen) atoms. The third-order valence-corrected chi connectivity index (χ3v) is 7.20. The highest BCUT2D eigenvalue weighted by atomic mass is 32.2. The van der Waals surface area contributed by atoms with Gasteiger partial charge in [-0.2, -0.15) is 0 Å². The molecule has 0 aromatic heterocycles. The van der Waals surface area contributed by atoms with E-state index in [9.17, 15) is 13.2 Å². The van der Waals surface area contributed by atoms with Crippen LogP contribution in [0.3, 0.4) is 0 Å². The minimum Gasteiger partial charge on any atom is -0.464 e. The average molecular weight is 418 g/mol. The molecule has 1 rings (SSSR count). The van der Waals surface area contributed by atoms with Gasteiger partial charge in [-0.05, 0) is 6.42 Å². The summed E-state index contributed by atoms with van der Waals surface area (Å²) in [7, 11) is -2.84. The third-order valence-electron chi connectivity index (χ3n) is 5.59. The molecule has 0 unspecified atom stereocenters. The van der Waals surface area contributed by atoms with E-state index in [0.717, 1.165) is 12.8 Å². The van der Waals surface area contributed by atoms with E-state index in [1.54, 1.807) is 0 Å². The lowest BCUT2D eigenvalue weighted by Crippen LogP contribution is -2.41. The molecule has 0 radical (unpaired) electrons. The minimum atomic E-state index is -2.84. The maximum absolute atomic E-state index is 11.8. The van der Waals surface area contributed by atoms with Crippen LogP contribution < -0.4 is 0 Å². The molecule has 1 aliphatic rings.